The summed E-state index contributed by atoms with van der Waals surface area (Å²) in [5.74, 6) is 1.12. The van der Waals surface area contributed by atoms with Crippen LogP contribution < -0.4 is 10.1 Å². The number of methoxy groups -OCH3 is 1. The number of likely N-dealkylation sites (tertiary alicyclic amines) is 1. The maximum atomic E-state index is 12.9. The van der Waals surface area contributed by atoms with E-state index in [1.807, 2.05) is 4.90 Å². The van der Waals surface area contributed by atoms with Gasteiger partial charge in [0.05, 0.1) is 13.0 Å². The number of carbonyl (C=O) groups is 2. The summed E-state index contributed by atoms with van der Waals surface area (Å²) in [6.07, 6.45) is 6.29. The Kier molecular flexibility index (Phi) is 6.56. The number of amides is 2. The van der Waals surface area contributed by atoms with Gasteiger partial charge in [-0.2, -0.15) is 0 Å². The zero-order valence-electron chi connectivity index (χ0n) is 19.4. The molecule has 1 N–H and O–H groups in total. The average molecular weight is 428 g/mol. The molecule has 1 aromatic carbocycles. The van der Waals surface area contributed by atoms with Crippen molar-refractivity contribution in [3.8, 4) is 5.75 Å². The normalized spacial score (nSPS) is 28.5. The summed E-state index contributed by atoms with van der Waals surface area (Å²) in [6, 6.07) is 5.61. The molecule has 3 fully saturated rings. The van der Waals surface area contributed by atoms with E-state index < -0.39 is 0 Å². The molecule has 3 unspecified atom stereocenters. The van der Waals surface area contributed by atoms with Gasteiger partial charge in [0.1, 0.15) is 5.75 Å². The van der Waals surface area contributed by atoms with Crippen molar-refractivity contribution in [3.63, 3.8) is 0 Å². The number of rotatable bonds is 5. The molecule has 6 heteroatoms. The van der Waals surface area contributed by atoms with Crippen LogP contribution in [-0.4, -0.2) is 59.9 Å². The molecule has 3 heterocycles. The smallest absolute Gasteiger partial charge is 0.225 e. The van der Waals surface area contributed by atoms with E-state index in [9.17, 15) is 9.59 Å². The lowest BCUT2D eigenvalue weighted by Crippen LogP contribution is -2.52. The highest BCUT2D eigenvalue weighted by molar-refractivity contribution is 5.81. The van der Waals surface area contributed by atoms with E-state index in [0.717, 1.165) is 44.5 Å². The van der Waals surface area contributed by atoms with E-state index in [1.54, 1.807) is 14.0 Å². The van der Waals surface area contributed by atoms with Crippen LogP contribution in [0.3, 0.4) is 0 Å². The number of piperidine rings is 2. The van der Waals surface area contributed by atoms with Crippen LogP contribution in [-0.2, 0) is 16.1 Å². The number of nitrogens with zero attached hydrogens (tertiary/aromatic N) is 2. The molecular formula is C25H37N3O3. The molecule has 0 saturated carbocycles. The van der Waals surface area contributed by atoms with Crippen LogP contribution in [0.4, 0.5) is 0 Å². The Morgan fingerprint density at radius 1 is 1.10 bits per heavy atom. The topological polar surface area (TPSA) is 61.9 Å². The molecule has 3 aliphatic rings. The first-order valence-corrected chi connectivity index (χ1v) is 11.8. The molecule has 2 bridgehead atoms. The van der Waals surface area contributed by atoms with Crippen molar-refractivity contribution < 1.29 is 14.3 Å². The van der Waals surface area contributed by atoms with Crippen LogP contribution in [0, 0.1) is 19.8 Å². The van der Waals surface area contributed by atoms with Gasteiger partial charge in [-0.05, 0) is 75.1 Å². The van der Waals surface area contributed by atoms with Crippen LogP contribution in [0.15, 0.2) is 12.1 Å². The zero-order valence-corrected chi connectivity index (χ0v) is 19.4. The number of carbonyl (C=O) groups excluding carboxylic acids is 2. The van der Waals surface area contributed by atoms with E-state index >= 15 is 0 Å². The summed E-state index contributed by atoms with van der Waals surface area (Å²) in [5.41, 5.74) is 3.92. The third-order valence-electron chi connectivity index (χ3n) is 7.89. The van der Waals surface area contributed by atoms with Gasteiger partial charge in [-0.3, -0.25) is 14.5 Å². The van der Waals surface area contributed by atoms with Gasteiger partial charge >= 0.3 is 0 Å². The summed E-state index contributed by atoms with van der Waals surface area (Å²) in [5, 5.41) is 3.35. The molecule has 31 heavy (non-hydrogen) atoms. The van der Waals surface area contributed by atoms with Gasteiger partial charge in [-0.25, -0.2) is 0 Å². The number of benzene rings is 1. The van der Waals surface area contributed by atoms with Crippen molar-refractivity contribution in [2.24, 2.45) is 5.92 Å². The predicted octanol–water partition coefficient (Wildman–Crippen LogP) is 3.18. The summed E-state index contributed by atoms with van der Waals surface area (Å²) < 4.78 is 5.47. The largest absolute Gasteiger partial charge is 0.496 e. The molecule has 170 valence electrons. The highest BCUT2D eigenvalue weighted by atomic mass is 16.5. The molecule has 1 aromatic rings. The molecule has 0 aliphatic carbocycles. The van der Waals surface area contributed by atoms with E-state index in [1.165, 1.54) is 29.5 Å². The van der Waals surface area contributed by atoms with Crippen LogP contribution in [0.25, 0.3) is 0 Å². The fraction of sp³-hybridized carbons (Fsp3) is 0.680. The lowest BCUT2D eigenvalue weighted by Gasteiger charge is -2.40. The van der Waals surface area contributed by atoms with E-state index in [-0.39, 0.29) is 23.8 Å². The van der Waals surface area contributed by atoms with Crippen molar-refractivity contribution in [3.05, 3.63) is 28.8 Å². The minimum atomic E-state index is -0.0572. The van der Waals surface area contributed by atoms with Crippen LogP contribution in [0.1, 0.15) is 62.1 Å². The number of nitrogens with one attached hydrogen (secondary N) is 1. The minimum absolute atomic E-state index is 0.0572. The Labute approximate surface area is 186 Å². The van der Waals surface area contributed by atoms with Crippen LogP contribution in [0.5, 0.6) is 5.75 Å². The standard InChI is InChI=1S/C25H37N3O3/c1-16-17(2)24(31-4)10-7-19(16)15-28-22-8-9-23(28)13-21(12-22)26-25(30)20-6-5-11-27(14-20)18(3)29/h7,10,20-23H,5-6,8-9,11-15H2,1-4H3,(H,26,30). The second-order valence-corrected chi connectivity index (χ2v) is 9.72. The first-order chi connectivity index (χ1) is 14.9. The highest BCUT2D eigenvalue weighted by Gasteiger charge is 2.41. The Morgan fingerprint density at radius 3 is 2.45 bits per heavy atom. The second-order valence-electron chi connectivity index (χ2n) is 9.72. The van der Waals surface area contributed by atoms with Gasteiger partial charge in [0, 0.05) is 44.7 Å². The summed E-state index contributed by atoms with van der Waals surface area (Å²) in [4.78, 5) is 29.1. The molecule has 0 radical (unpaired) electrons. The molecule has 4 rings (SSSR count). The first-order valence-electron chi connectivity index (χ1n) is 11.8. The van der Waals surface area contributed by atoms with Gasteiger partial charge in [0.15, 0.2) is 0 Å². The van der Waals surface area contributed by atoms with Gasteiger partial charge in [-0.1, -0.05) is 6.07 Å². The van der Waals surface area contributed by atoms with Crippen molar-refractivity contribution in [1.82, 2.24) is 15.1 Å². The van der Waals surface area contributed by atoms with Gasteiger partial charge in [0.2, 0.25) is 11.8 Å². The Bertz CT molecular complexity index is 826. The molecule has 0 spiro atoms. The number of ether oxygens (including phenoxy) is 1. The van der Waals surface area contributed by atoms with Gasteiger partial charge < -0.3 is 15.0 Å². The molecule has 0 aromatic heterocycles. The summed E-state index contributed by atoms with van der Waals surface area (Å²) in [7, 11) is 1.73. The molecule has 6 nitrogen and oxygen atoms in total. The minimum Gasteiger partial charge on any atom is -0.496 e. The van der Waals surface area contributed by atoms with Gasteiger partial charge in [0.25, 0.3) is 0 Å². The van der Waals surface area contributed by atoms with E-state index in [4.69, 9.17) is 4.74 Å². The van der Waals surface area contributed by atoms with Gasteiger partial charge in [-0.15, -0.1) is 0 Å². The third-order valence-corrected chi connectivity index (χ3v) is 7.89. The Hall–Kier alpha value is -2.08. The molecule has 3 saturated heterocycles. The summed E-state index contributed by atoms with van der Waals surface area (Å²) in [6.45, 7) is 8.25. The molecule has 2 amide bonds. The SMILES string of the molecule is COc1ccc(CN2C3CCC2CC(NC(=O)C2CCCN(C(C)=O)C2)C3)c(C)c1C. The van der Waals surface area contributed by atoms with E-state index in [0.29, 0.717) is 18.6 Å². The maximum Gasteiger partial charge on any atom is 0.225 e. The zero-order chi connectivity index (χ0) is 22.1. The molecular weight excluding hydrogens is 390 g/mol. The molecule has 3 atom stereocenters. The highest BCUT2D eigenvalue weighted by Crippen LogP contribution is 2.38. The third kappa shape index (κ3) is 4.59. The molecule has 3 aliphatic heterocycles. The van der Waals surface area contributed by atoms with Crippen molar-refractivity contribution in [1.29, 1.82) is 0 Å². The maximum absolute atomic E-state index is 12.9. The average Bonchev–Trinajstić information content (AvgIpc) is 2.99. The Morgan fingerprint density at radius 2 is 1.81 bits per heavy atom. The number of hydrogen-bond donors (Lipinski definition) is 1. The lowest BCUT2D eigenvalue weighted by molar-refractivity contribution is -0.134. The summed E-state index contributed by atoms with van der Waals surface area (Å²) >= 11 is 0. The second kappa shape index (κ2) is 9.19. The van der Waals surface area contributed by atoms with Crippen molar-refractivity contribution in [2.45, 2.75) is 84.0 Å². The quantitative estimate of drug-likeness (QED) is 0.784. The Balaban J connectivity index is 1.36. The van der Waals surface area contributed by atoms with Crippen molar-refractivity contribution in [2.75, 3.05) is 20.2 Å². The fourth-order valence-electron chi connectivity index (χ4n) is 5.89. The number of hydrogen-bond acceptors (Lipinski definition) is 4. The van der Waals surface area contributed by atoms with E-state index in [2.05, 4.69) is 36.2 Å². The fourth-order valence-corrected chi connectivity index (χ4v) is 5.89. The predicted molar refractivity (Wildman–Crippen MR) is 121 cm³/mol. The number of fused-ring (bicyclic) bond motifs is 2. The first kappa shape index (κ1) is 22.1. The van der Waals surface area contributed by atoms with Crippen molar-refractivity contribution >= 4 is 11.8 Å². The monoisotopic (exact) mass is 427 g/mol. The lowest BCUT2D eigenvalue weighted by atomic mass is 9.93. The van der Waals surface area contributed by atoms with Crippen LogP contribution in [0.2, 0.25) is 0 Å². The van der Waals surface area contributed by atoms with Crippen LogP contribution >= 0.6 is 0 Å².